The molecular weight excluding hydrogens is 242 g/mol. The molecule has 0 aromatic heterocycles. The van der Waals surface area contributed by atoms with Gasteiger partial charge in [0.2, 0.25) is 0 Å². The van der Waals surface area contributed by atoms with Crippen LogP contribution in [0.25, 0.3) is 0 Å². The largest absolute Gasteiger partial charge is 0.497 e. The van der Waals surface area contributed by atoms with E-state index in [0.717, 1.165) is 0 Å². The van der Waals surface area contributed by atoms with Gasteiger partial charge in [-0.15, -0.1) is 0 Å². The van der Waals surface area contributed by atoms with E-state index >= 15 is 0 Å². The van der Waals surface area contributed by atoms with E-state index in [1.165, 1.54) is 0 Å². The SMILES string of the molecule is COc1cccc(C(=O)Nc2ccccc2C=O)c1. The van der Waals surface area contributed by atoms with Gasteiger partial charge in [-0.3, -0.25) is 9.59 Å². The fraction of sp³-hybridized carbons (Fsp3) is 0.0667. The lowest BCUT2D eigenvalue weighted by Gasteiger charge is -2.08. The number of para-hydroxylation sites is 1. The Morgan fingerprint density at radius 3 is 2.68 bits per heavy atom. The molecule has 0 heterocycles. The van der Waals surface area contributed by atoms with Crippen LogP contribution in [0.4, 0.5) is 5.69 Å². The van der Waals surface area contributed by atoms with Gasteiger partial charge in [-0.05, 0) is 30.3 Å². The molecule has 0 fully saturated rings. The highest BCUT2D eigenvalue weighted by molar-refractivity contribution is 6.06. The number of aldehydes is 1. The zero-order valence-electron chi connectivity index (χ0n) is 10.4. The van der Waals surface area contributed by atoms with Crippen molar-refractivity contribution < 1.29 is 14.3 Å². The van der Waals surface area contributed by atoms with Gasteiger partial charge in [-0.2, -0.15) is 0 Å². The smallest absolute Gasteiger partial charge is 0.255 e. The first-order chi connectivity index (χ1) is 9.24. The van der Waals surface area contributed by atoms with Crippen molar-refractivity contribution in [1.82, 2.24) is 0 Å². The van der Waals surface area contributed by atoms with Crippen LogP contribution in [0.1, 0.15) is 20.7 Å². The Hall–Kier alpha value is -2.62. The molecule has 2 rings (SSSR count). The molecule has 0 saturated carbocycles. The number of carbonyl (C=O) groups is 2. The minimum Gasteiger partial charge on any atom is -0.497 e. The molecule has 2 aromatic rings. The molecule has 0 unspecified atom stereocenters. The van der Waals surface area contributed by atoms with E-state index in [4.69, 9.17) is 4.74 Å². The molecule has 19 heavy (non-hydrogen) atoms. The summed E-state index contributed by atoms with van der Waals surface area (Å²) in [6, 6.07) is 13.6. The van der Waals surface area contributed by atoms with Crippen molar-refractivity contribution in [3.05, 3.63) is 59.7 Å². The van der Waals surface area contributed by atoms with E-state index in [1.54, 1.807) is 55.6 Å². The van der Waals surface area contributed by atoms with Crippen LogP contribution in [0.15, 0.2) is 48.5 Å². The van der Waals surface area contributed by atoms with Gasteiger partial charge in [0.05, 0.1) is 12.8 Å². The summed E-state index contributed by atoms with van der Waals surface area (Å²) >= 11 is 0. The summed E-state index contributed by atoms with van der Waals surface area (Å²) in [7, 11) is 1.54. The lowest BCUT2D eigenvalue weighted by Crippen LogP contribution is -2.13. The summed E-state index contributed by atoms with van der Waals surface area (Å²) in [5, 5.41) is 2.70. The second-order valence-electron chi connectivity index (χ2n) is 3.89. The number of carbonyl (C=O) groups excluding carboxylic acids is 2. The summed E-state index contributed by atoms with van der Waals surface area (Å²) in [6.45, 7) is 0. The first-order valence-electron chi connectivity index (χ1n) is 5.74. The zero-order chi connectivity index (χ0) is 13.7. The highest BCUT2D eigenvalue weighted by Crippen LogP contribution is 2.16. The number of anilines is 1. The Labute approximate surface area is 111 Å². The lowest BCUT2D eigenvalue weighted by molar-refractivity contribution is 0.102. The molecule has 4 nitrogen and oxygen atoms in total. The Kier molecular flexibility index (Phi) is 3.93. The van der Waals surface area contributed by atoms with Gasteiger partial charge < -0.3 is 10.1 Å². The van der Waals surface area contributed by atoms with Crippen molar-refractivity contribution in [3.63, 3.8) is 0 Å². The molecule has 4 heteroatoms. The Morgan fingerprint density at radius 2 is 1.95 bits per heavy atom. The summed E-state index contributed by atoms with van der Waals surface area (Å²) in [5.41, 5.74) is 1.41. The molecule has 2 aromatic carbocycles. The molecule has 0 spiro atoms. The van der Waals surface area contributed by atoms with Crippen molar-refractivity contribution in [2.45, 2.75) is 0 Å². The minimum atomic E-state index is -0.284. The summed E-state index contributed by atoms with van der Waals surface area (Å²) < 4.78 is 5.06. The van der Waals surface area contributed by atoms with Gasteiger partial charge in [0.15, 0.2) is 6.29 Å². The molecule has 0 aliphatic rings. The molecule has 0 saturated heterocycles. The normalized spacial score (nSPS) is 9.74. The van der Waals surface area contributed by atoms with Crippen LogP contribution < -0.4 is 10.1 Å². The molecule has 1 amide bonds. The fourth-order valence-corrected chi connectivity index (χ4v) is 1.67. The third-order valence-electron chi connectivity index (χ3n) is 2.67. The lowest BCUT2D eigenvalue weighted by atomic mass is 10.1. The number of nitrogens with one attached hydrogen (secondary N) is 1. The second kappa shape index (κ2) is 5.82. The zero-order valence-corrected chi connectivity index (χ0v) is 10.4. The summed E-state index contributed by atoms with van der Waals surface area (Å²) in [4.78, 5) is 22.9. The average Bonchev–Trinajstić information content (AvgIpc) is 2.47. The second-order valence-corrected chi connectivity index (χ2v) is 3.89. The maximum atomic E-state index is 12.1. The van der Waals surface area contributed by atoms with Crippen LogP contribution in [-0.4, -0.2) is 19.3 Å². The Balaban J connectivity index is 2.23. The highest BCUT2D eigenvalue weighted by Gasteiger charge is 2.09. The average molecular weight is 255 g/mol. The number of ether oxygens (including phenoxy) is 1. The number of methoxy groups -OCH3 is 1. The molecule has 1 N–H and O–H groups in total. The van der Waals surface area contributed by atoms with Crippen LogP contribution in [0.5, 0.6) is 5.75 Å². The van der Waals surface area contributed by atoms with E-state index in [1.807, 2.05) is 0 Å². The molecule has 0 radical (unpaired) electrons. The minimum absolute atomic E-state index is 0.284. The Morgan fingerprint density at radius 1 is 1.16 bits per heavy atom. The van der Waals surface area contributed by atoms with Gasteiger partial charge in [-0.25, -0.2) is 0 Å². The monoisotopic (exact) mass is 255 g/mol. The molecular formula is C15H13NO3. The van der Waals surface area contributed by atoms with E-state index < -0.39 is 0 Å². The van der Waals surface area contributed by atoms with Crippen LogP contribution >= 0.6 is 0 Å². The van der Waals surface area contributed by atoms with Gasteiger partial charge in [0.1, 0.15) is 5.75 Å². The predicted molar refractivity (Wildman–Crippen MR) is 72.8 cm³/mol. The van der Waals surface area contributed by atoms with Crippen molar-refractivity contribution >= 4 is 17.9 Å². The van der Waals surface area contributed by atoms with Crippen LogP contribution in [0.3, 0.4) is 0 Å². The summed E-state index contributed by atoms with van der Waals surface area (Å²) in [6.07, 6.45) is 0.710. The topological polar surface area (TPSA) is 55.4 Å². The highest BCUT2D eigenvalue weighted by atomic mass is 16.5. The van der Waals surface area contributed by atoms with Crippen molar-refractivity contribution in [2.75, 3.05) is 12.4 Å². The fourth-order valence-electron chi connectivity index (χ4n) is 1.67. The summed E-state index contributed by atoms with van der Waals surface area (Å²) in [5.74, 6) is 0.324. The molecule has 96 valence electrons. The first kappa shape index (κ1) is 12.8. The molecule has 0 aliphatic carbocycles. The quantitative estimate of drug-likeness (QED) is 0.855. The number of rotatable bonds is 4. The van der Waals surface area contributed by atoms with E-state index in [2.05, 4.69) is 5.32 Å². The van der Waals surface area contributed by atoms with Crippen molar-refractivity contribution in [1.29, 1.82) is 0 Å². The predicted octanol–water partition coefficient (Wildman–Crippen LogP) is 2.76. The van der Waals surface area contributed by atoms with Crippen LogP contribution in [0, 0.1) is 0 Å². The maximum Gasteiger partial charge on any atom is 0.255 e. The number of amides is 1. The third-order valence-corrected chi connectivity index (χ3v) is 2.67. The van der Waals surface area contributed by atoms with E-state index in [-0.39, 0.29) is 5.91 Å². The number of hydrogen-bond donors (Lipinski definition) is 1. The third kappa shape index (κ3) is 2.98. The van der Waals surface area contributed by atoms with Crippen LogP contribution in [-0.2, 0) is 0 Å². The molecule has 0 atom stereocenters. The van der Waals surface area contributed by atoms with E-state index in [0.29, 0.717) is 28.8 Å². The number of hydrogen-bond acceptors (Lipinski definition) is 3. The van der Waals surface area contributed by atoms with Gasteiger partial charge in [0, 0.05) is 11.1 Å². The van der Waals surface area contributed by atoms with Gasteiger partial charge in [0.25, 0.3) is 5.91 Å². The van der Waals surface area contributed by atoms with Gasteiger partial charge in [-0.1, -0.05) is 18.2 Å². The standard InChI is InChI=1S/C15H13NO3/c1-19-13-7-4-6-11(9-13)15(18)16-14-8-3-2-5-12(14)10-17/h2-10H,1H3,(H,16,18). The molecule has 0 bridgehead atoms. The number of benzene rings is 2. The first-order valence-corrected chi connectivity index (χ1v) is 5.74. The van der Waals surface area contributed by atoms with Gasteiger partial charge >= 0.3 is 0 Å². The van der Waals surface area contributed by atoms with Crippen molar-refractivity contribution in [2.24, 2.45) is 0 Å². The van der Waals surface area contributed by atoms with Crippen LogP contribution in [0.2, 0.25) is 0 Å². The van der Waals surface area contributed by atoms with E-state index in [9.17, 15) is 9.59 Å². The Bertz CT molecular complexity index is 608. The maximum absolute atomic E-state index is 12.1. The van der Waals surface area contributed by atoms with Crippen molar-refractivity contribution in [3.8, 4) is 5.75 Å². The molecule has 0 aliphatic heterocycles.